The number of aliphatic imine (C=N–C) groups is 1. The minimum Gasteiger partial charge on any atom is -0.381 e. The molecule has 0 spiro atoms. The van der Waals surface area contributed by atoms with Gasteiger partial charge in [0, 0.05) is 39.9 Å². The number of hydrogen-bond donors (Lipinski definition) is 2. The van der Waals surface area contributed by atoms with Gasteiger partial charge in [0.05, 0.1) is 0 Å². The van der Waals surface area contributed by atoms with Crippen LogP contribution in [0.2, 0.25) is 0 Å². The molecular formula is C18H39IN4O. The number of likely N-dealkylation sites (tertiary alicyclic amines) is 1. The standard InChI is InChI=1S/C18H38N4O.HI/c1-16(2)15-23-13-7-10-21-18(19-4)20-9-6-12-22-11-5-8-17(3)14-22;/h16-17H,5-15H2,1-4H3,(H2,19,20,21);1H. The van der Waals surface area contributed by atoms with E-state index in [1.54, 1.807) is 0 Å². The van der Waals surface area contributed by atoms with E-state index in [-0.39, 0.29) is 24.0 Å². The first-order valence-electron chi connectivity index (χ1n) is 9.36. The first-order valence-corrected chi connectivity index (χ1v) is 9.36. The average Bonchev–Trinajstić information content (AvgIpc) is 2.52. The number of rotatable bonds is 10. The van der Waals surface area contributed by atoms with E-state index in [9.17, 15) is 0 Å². The molecule has 1 atom stereocenters. The second kappa shape index (κ2) is 15.2. The second-order valence-corrected chi connectivity index (χ2v) is 7.15. The lowest BCUT2D eigenvalue weighted by molar-refractivity contribution is 0.108. The summed E-state index contributed by atoms with van der Waals surface area (Å²) in [6.45, 7) is 14.0. The van der Waals surface area contributed by atoms with Gasteiger partial charge in [0.15, 0.2) is 5.96 Å². The molecule has 1 rings (SSSR count). The second-order valence-electron chi connectivity index (χ2n) is 7.15. The summed E-state index contributed by atoms with van der Waals surface area (Å²) in [7, 11) is 1.83. The molecule has 0 aliphatic carbocycles. The number of hydrogen-bond acceptors (Lipinski definition) is 3. The molecule has 5 nitrogen and oxygen atoms in total. The van der Waals surface area contributed by atoms with E-state index in [0.29, 0.717) is 5.92 Å². The van der Waals surface area contributed by atoms with Gasteiger partial charge >= 0.3 is 0 Å². The number of piperidine rings is 1. The van der Waals surface area contributed by atoms with Gasteiger partial charge in [-0.3, -0.25) is 4.99 Å². The fourth-order valence-corrected chi connectivity index (χ4v) is 2.92. The maximum atomic E-state index is 5.58. The summed E-state index contributed by atoms with van der Waals surface area (Å²) >= 11 is 0. The van der Waals surface area contributed by atoms with Crippen LogP contribution in [0.1, 0.15) is 46.5 Å². The van der Waals surface area contributed by atoms with Crippen molar-refractivity contribution < 1.29 is 4.74 Å². The van der Waals surface area contributed by atoms with Crippen molar-refractivity contribution >= 4 is 29.9 Å². The molecule has 2 N–H and O–H groups in total. The Bertz CT molecular complexity index is 326. The molecule has 1 heterocycles. The Hall–Kier alpha value is -0.0800. The summed E-state index contributed by atoms with van der Waals surface area (Å²) in [5.41, 5.74) is 0. The molecule has 0 saturated carbocycles. The van der Waals surface area contributed by atoms with Gasteiger partial charge in [-0.25, -0.2) is 0 Å². The molecule has 24 heavy (non-hydrogen) atoms. The van der Waals surface area contributed by atoms with Crippen molar-refractivity contribution in [3.05, 3.63) is 0 Å². The molecule has 6 heteroatoms. The predicted molar refractivity (Wildman–Crippen MR) is 115 cm³/mol. The van der Waals surface area contributed by atoms with Crippen LogP contribution in [0.5, 0.6) is 0 Å². The van der Waals surface area contributed by atoms with E-state index in [1.165, 1.54) is 38.9 Å². The van der Waals surface area contributed by atoms with Crippen LogP contribution in [-0.2, 0) is 4.74 Å². The molecule has 1 unspecified atom stereocenters. The zero-order chi connectivity index (χ0) is 16.9. The number of halogens is 1. The highest BCUT2D eigenvalue weighted by Gasteiger charge is 2.15. The first kappa shape index (κ1) is 23.9. The molecule has 144 valence electrons. The van der Waals surface area contributed by atoms with E-state index in [1.807, 2.05) is 7.05 Å². The Kier molecular flexibility index (Phi) is 15.1. The average molecular weight is 454 g/mol. The van der Waals surface area contributed by atoms with Gasteiger partial charge in [-0.15, -0.1) is 24.0 Å². The SMILES string of the molecule is CN=C(NCCCOCC(C)C)NCCCN1CCCC(C)C1.I. The lowest BCUT2D eigenvalue weighted by Crippen LogP contribution is -2.40. The third-order valence-corrected chi connectivity index (χ3v) is 4.12. The number of nitrogens with zero attached hydrogens (tertiary/aromatic N) is 2. The van der Waals surface area contributed by atoms with Crippen LogP contribution in [0.25, 0.3) is 0 Å². The van der Waals surface area contributed by atoms with Crippen LogP contribution in [0, 0.1) is 11.8 Å². The number of ether oxygens (including phenoxy) is 1. The van der Waals surface area contributed by atoms with E-state index in [0.717, 1.165) is 44.6 Å². The van der Waals surface area contributed by atoms with Crippen molar-refractivity contribution in [1.29, 1.82) is 0 Å². The summed E-state index contributed by atoms with van der Waals surface area (Å²) in [6, 6.07) is 0. The fraction of sp³-hybridized carbons (Fsp3) is 0.944. The van der Waals surface area contributed by atoms with Crippen molar-refractivity contribution in [1.82, 2.24) is 15.5 Å². The van der Waals surface area contributed by atoms with Crippen LogP contribution in [0.15, 0.2) is 4.99 Å². The Morgan fingerprint density at radius 3 is 2.58 bits per heavy atom. The van der Waals surface area contributed by atoms with Crippen molar-refractivity contribution in [2.24, 2.45) is 16.8 Å². The highest BCUT2D eigenvalue weighted by molar-refractivity contribution is 14.0. The molecule has 1 saturated heterocycles. The lowest BCUT2D eigenvalue weighted by atomic mass is 10.0. The third-order valence-electron chi connectivity index (χ3n) is 4.12. The Morgan fingerprint density at radius 1 is 1.25 bits per heavy atom. The molecule has 0 aromatic rings. The topological polar surface area (TPSA) is 48.9 Å². The minimum atomic E-state index is 0. The summed E-state index contributed by atoms with van der Waals surface area (Å²) in [6.07, 6.45) is 4.94. The molecule has 1 aliphatic rings. The van der Waals surface area contributed by atoms with Gasteiger partial charge in [0.2, 0.25) is 0 Å². The Balaban J connectivity index is 0.00000529. The van der Waals surface area contributed by atoms with Gasteiger partial charge in [0.1, 0.15) is 0 Å². The Morgan fingerprint density at radius 2 is 1.96 bits per heavy atom. The van der Waals surface area contributed by atoms with Crippen LogP contribution >= 0.6 is 24.0 Å². The molecule has 0 bridgehead atoms. The van der Waals surface area contributed by atoms with E-state index >= 15 is 0 Å². The normalized spacial score (nSPS) is 19.2. The molecule has 0 aromatic heterocycles. The van der Waals surface area contributed by atoms with E-state index in [4.69, 9.17) is 4.74 Å². The zero-order valence-electron chi connectivity index (χ0n) is 16.1. The van der Waals surface area contributed by atoms with E-state index < -0.39 is 0 Å². The van der Waals surface area contributed by atoms with Gasteiger partial charge in [-0.2, -0.15) is 0 Å². The summed E-state index contributed by atoms with van der Waals surface area (Å²) < 4.78 is 5.58. The Labute approximate surface area is 166 Å². The maximum absolute atomic E-state index is 5.58. The van der Waals surface area contributed by atoms with Crippen molar-refractivity contribution in [3.8, 4) is 0 Å². The van der Waals surface area contributed by atoms with Crippen LogP contribution in [0.4, 0.5) is 0 Å². The summed E-state index contributed by atoms with van der Waals surface area (Å²) in [4.78, 5) is 6.87. The quantitative estimate of drug-likeness (QED) is 0.231. The van der Waals surface area contributed by atoms with Gasteiger partial charge < -0.3 is 20.3 Å². The van der Waals surface area contributed by atoms with Crippen molar-refractivity contribution in [2.75, 3.05) is 53.0 Å². The largest absolute Gasteiger partial charge is 0.381 e. The van der Waals surface area contributed by atoms with Crippen LogP contribution < -0.4 is 10.6 Å². The molecule has 1 fully saturated rings. The van der Waals surface area contributed by atoms with Crippen molar-refractivity contribution in [2.45, 2.75) is 46.5 Å². The third kappa shape index (κ3) is 12.3. The summed E-state index contributed by atoms with van der Waals surface area (Å²) in [5.74, 6) is 2.38. The smallest absolute Gasteiger partial charge is 0.190 e. The zero-order valence-corrected chi connectivity index (χ0v) is 18.5. The van der Waals surface area contributed by atoms with E-state index in [2.05, 4.69) is 41.3 Å². The van der Waals surface area contributed by atoms with Gasteiger partial charge in [-0.05, 0) is 50.6 Å². The van der Waals surface area contributed by atoms with Crippen LogP contribution in [-0.4, -0.2) is 63.8 Å². The number of guanidine groups is 1. The fourth-order valence-electron chi connectivity index (χ4n) is 2.92. The maximum Gasteiger partial charge on any atom is 0.190 e. The first-order chi connectivity index (χ1) is 11.1. The lowest BCUT2D eigenvalue weighted by Gasteiger charge is -2.30. The molecule has 1 aliphatic heterocycles. The van der Waals surface area contributed by atoms with Gasteiger partial charge in [0.25, 0.3) is 0 Å². The highest BCUT2D eigenvalue weighted by atomic mass is 127. The molecular weight excluding hydrogens is 415 g/mol. The monoisotopic (exact) mass is 454 g/mol. The van der Waals surface area contributed by atoms with Crippen LogP contribution in [0.3, 0.4) is 0 Å². The molecule has 0 aromatic carbocycles. The molecule has 0 radical (unpaired) electrons. The van der Waals surface area contributed by atoms with Gasteiger partial charge in [-0.1, -0.05) is 20.8 Å². The summed E-state index contributed by atoms with van der Waals surface area (Å²) in [5, 5.41) is 6.75. The number of nitrogens with one attached hydrogen (secondary N) is 2. The van der Waals surface area contributed by atoms with Crippen molar-refractivity contribution in [3.63, 3.8) is 0 Å². The minimum absolute atomic E-state index is 0. The highest BCUT2D eigenvalue weighted by Crippen LogP contribution is 2.15. The predicted octanol–water partition coefficient (Wildman–Crippen LogP) is 2.95. The molecule has 0 amide bonds.